The zero-order chi connectivity index (χ0) is 17.3. The lowest BCUT2D eigenvalue weighted by atomic mass is 10.3. The Morgan fingerprint density at radius 1 is 1.25 bits per heavy atom. The maximum absolute atomic E-state index is 12.5. The number of nitrogens with one attached hydrogen (secondary N) is 1. The molecule has 124 valence electrons. The van der Waals surface area contributed by atoms with Gasteiger partial charge in [-0.1, -0.05) is 11.8 Å². The summed E-state index contributed by atoms with van der Waals surface area (Å²) in [6.07, 6.45) is -3.63. The molecule has 24 heavy (non-hydrogen) atoms. The van der Waals surface area contributed by atoms with Crippen molar-refractivity contribution >= 4 is 28.5 Å². The minimum Gasteiger partial charge on any atom is -0.341 e. The summed E-state index contributed by atoms with van der Waals surface area (Å²) in [7, 11) is 0. The number of thioether (sulfide) groups is 1. The fourth-order valence-corrected chi connectivity index (χ4v) is 2.72. The smallest absolute Gasteiger partial charge is 0.341 e. The first-order valence-electron chi connectivity index (χ1n) is 6.62. The van der Waals surface area contributed by atoms with Crippen LogP contribution in [0, 0.1) is 10.1 Å². The number of nitro groups is 1. The van der Waals surface area contributed by atoms with E-state index in [4.69, 9.17) is 0 Å². The molecule has 0 saturated heterocycles. The van der Waals surface area contributed by atoms with Crippen LogP contribution in [0.4, 0.5) is 18.9 Å². The Hall–Kier alpha value is -2.62. The molecule has 2 heterocycles. The van der Waals surface area contributed by atoms with Gasteiger partial charge in [-0.3, -0.25) is 10.1 Å². The summed E-state index contributed by atoms with van der Waals surface area (Å²) in [6, 6.07) is 6.54. The maximum atomic E-state index is 12.5. The van der Waals surface area contributed by atoms with Gasteiger partial charge in [0.05, 0.1) is 32.3 Å². The fraction of sp³-hybridized carbons (Fsp3) is 0.143. The van der Waals surface area contributed by atoms with Gasteiger partial charge in [0.2, 0.25) is 0 Å². The minimum absolute atomic E-state index is 0.0465. The Bertz CT molecular complexity index is 893. The van der Waals surface area contributed by atoms with Crippen molar-refractivity contribution < 1.29 is 18.1 Å². The highest BCUT2D eigenvalue weighted by atomic mass is 32.2. The summed E-state index contributed by atoms with van der Waals surface area (Å²) in [5, 5.41) is 11.2. The Morgan fingerprint density at radius 2 is 2.04 bits per heavy atom. The first-order valence-corrected chi connectivity index (χ1v) is 7.60. The minimum atomic E-state index is -4.41. The van der Waals surface area contributed by atoms with E-state index in [0.29, 0.717) is 27.6 Å². The van der Waals surface area contributed by atoms with E-state index in [9.17, 15) is 23.3 Å². The molecule has 0 unspecified atom stereocenters. The number of aromatic amines is 1. The summed E-state index contributed by atoms with van der Waals surface area (Å²) in [5.74, 6) is 0.901. The molecule has 1 aromatic carbocycles. The van der Waals surface area contributed by atoms with Gasteiger partial charge in [0.15, 0.2) is 0 Å². The highest BCUT2D eigenvalue weighted by molar-refractivity contribution is 7.98. The highest BCUT2D eigenvalue weighted by Crippen LogP contribution is 2.30. The average Bonchev–Trinajstić information content (AvgIpc) is 2.94. The van der Waals surface area contributed by atoms with Crippen molar-refractivity contribution in [3.63, 3.8) is 0 Å². The Morgan fingerprint density at radius 3 is 2.67 bits per heavy atom. The summed E-state index contributed by atoms with van der Waals surface area (Å²) in [6.45, 7) is 0. The molecule has 0 aliphatic heterocycles. The van der Waals surface area contributed by atoms with E-state index in [0.717, 1.165) is 12.3 Å². The second-order valence-electron chi connectivity index (χ2n) is 4.81. The molecule has 6 nitrogen and oxygen atoms in total. The Balaban J connectivity index is 1.72. The van der Waals surface area contributed by atoms with Crippen molar-refractivity contribution in [3.05, 3.63) is 58.0 Å². The monoisotopic (exact) mass is 354 g/mol. The van der Waals surface area contributed by atoms with Crippen LogP contribution in [0.1, 0.15) is 11.4 Å². The second-order valence-corrected chi connectivity index (χ2v) is 5.81. The maximum Gasteiger partial charge on any atom is 0.417 e. The highest BCUT2D eigenvalue weighted by Gasteiger charge is 2.30. The van der Waals surface area contributed by atoms with Crippen LogP contribution in [-0.4, -0.2) is 19.9 Å². The number of nitrogens with zero attached hydrogens (tertiary/aromatic N) is 3. The Kier molecular flexibility index (Phi) is 4.14. The molecular formula is C14H9F3N4O2S. The number of benzene rings is 1. The number of pyridine rings is 1. The SMILES string of the molecule is O=[N+]([O-])c1ccc2nc(CSc3ccc(C(F)(F)F)cn3)[nH]c2c1. The molecule has 0 aliphatic carbocycles. The van der Waals surface area contributed by atoms with Crippen LogP contribution < -0.4 is 0 Å². The van der Waals surface area contributed by atoms with Gasteiger partial charge in [-0.25, -0.2) is 9.97 Å². The van der Waals surface area contributed by atoms with Crippen molar-refractivity contribution in [1.29, 1.82) is 0 Å². The zero-order valence-electron chi connectivity index (χ0n) is 11.9. The van der Waals surface area contributed by atoms with Crippen molar-refractivity contribution in [1.82, 2.24) is 15.0 Å². The third-order valence-electron chi connectivity index (χ3n) is 3.15. The fourth-order valence-electron chi connectivity index (χ4n) is 2.01. The number of fused-ring (bicyclic) bond motifs is 1. The summed E-state index contributed by atoms with van der Waals surface area (Å²) >= 11 is 1.21. The van der Waals surface area contributed by atoms with E-state index in [-0.39, 0.29) is 5.69 Å². The first-order chi connectivity index (χ1) is 11.3. The largest absolute Gasteiger partial charge is 0.417 e. The first kappa shape index (κ1) is 16.2. The molecule has 0 aliphatic rings. The van der Waals surface area contributed by atoms with Gasteiger partial charge in [0.1, 0.15) is 5.82 Å². The number of nitro benzene ring substituents is 1. The number of H-pyrrole nitrogens is 1. The van der Waals surface area contributed by atoms with Crippen LogP contribution in [0.5, 0.6) is 0 Å². The van der Waals surface area contributed by atoms with E-state index in [1.807, 2.05) is 0 Å². The molecule has 0 radical (unpaired) electrons. The number of imidazole rings is 1. The summed E-state index contributed by atoms with van der Waals surface area (Å²) in [5.41, 5.74) is 0.259. The van der Waals surface area contributed by atoms with E-state index in [1.165, 1.54) is 36.0 Å². The molecule has 0 spiro atoms. The molecule has 3 rings (SSSR count). The van der Waals surface area contributed by atoms with Crippen LogP contribution in [-0.2, 0) is 11.9 Å². The molecular weight excluding hydrogens is 345 g/mol. The average molecular weight is 354 g/mol. The number of halogens is 3. The summed E-state index contributed by atoms with van der Waals surface area (Å²) < 4.78 is 37.4. The van der Waals surface area contributed by atoms with Crippen molar-refractivity contribution in [3.8, 4) is 0 Å². The topological polar surface area (TPSA) is 84.7 Å². The van der Waals surface area contributed by atoms with E-state index >= 15 is 0 Å². The molecule has 0 bridgehead atoms. The van der Waals surface area contributed by atoms with Gasteiger partial charge >= 0.3 is 6.18 Å². The lowest BCUT2D eigenvalue weighted by Crippen LogP contribution is -2.05. The summed E-state index contributed by atoms with van der Waals surface area (Å²) in [4.78, 5) is 21.2. The molecule has 1 N–H and O–H groups in total. The van der Waals surface area contributed by atoms with Crippen molar-refractivity contribution in [2.75, 3.05) is 0 Å². The van der Waals surface area contributed by atoms with Crippen LogP contribution in [0.3, 0.4) is 0 Å². The zero-order valence-corrected chi connectivity index (χ0v) is 12.7. The predicted molar refractivity (Wildman–Crippen MR) is 81.5 cm³/mol. The van der Waals surface area contributed by atoms with Crippen LogP contribution in [0.25, 0.3) is 11.0 Å². The second kappa shape index (κ2) is 6.11. The molecule has 0 saturated carbocycles. The molecule has 2 aromatic heterocycles. The van der Waals surface area contributed by atoms with Gasteiger partial charge in [-0.15, -0.1) is 0 Å². The van der Waals surface area contributed by atoms with Crippen molar-refractivity contribution in [2.45, 2.75) is 17.0 Å². The number of hydrogen-bond donors (Lipinski definition) is 1. The number of hydrogen-bond acceptors (Lipinski definition) is 5. The number of alkyl halides is 3. The molecule has 0 atom stereocenters. The lowest BCUT2D eigenvalue weighted by Gasteiger charge is -2.06. The van der Waals surface area contributed by atoms with Gasteiger partial charge in [0.25, 0.3) is 5.69 Å². The van der Waals surface area contributed by atoms with Crippen LogP contribution in [0.2, 0.25) is 0 Å². The Labute approximate surface area is 137 Å². The standard InChI is InChI=1S/C14H9F3N4O2S/c15-14(16,17)8-1-4-13(18-6-8)24-7-12-19-10-3-2-9(21(22)23)5-11(10)20-12/h1-6H,7H2,(H,19,20). The molecule has 0 fully saturated rings. The van der Waals surface area contributed by atoms with E-state index in [2.05, 4.69) is 15.0 Å². The third-order valence-corrected chi connectivity index (χ3v) is 4.10. The molecule has 3 aromatic rings. The van der Waals surface area contributed by atoms with Gasteiger partial charge in [-0.2, -0.15) is 13.2 Å². The van der Waals surface area contributed by atoms with Gasteiger partial charge < -0.3 is 4.98 Å². The van der Waals surface area contributed by atoms with E-state index < -0.39 is 16.7 Å². The van der Waals surface area contributed by atoms with Gasteiger partial charge in [0, 0.05) is 18.3 Å². The molecule has 10 heteroatoms. The van der Waals surface area contributed by atoms with Gasteiger partial charge in [-0.05, 0) is 18.2 Å². The van der Waals surface area contributed by atoms with E-state index in [1.54, 1.807) is 0 Å². The molecule has 0 amide bonds. The number of aromatic nitrogens is 3. The lowest BCUT2D eigenvalue weighted by molar-refractivity contribution is -0.384. The van der Waals surface area contributed by atoms with Crippen LogP contribution >= 0.6 is 11.8 Å². The van der Waals surface area contributed by atoms with Crippen molar-refractivity contribution in [2.24, 2.45) is 0 Å². The predicted octanol–water partition coefficient (Wildman–Crippen LogP) is 4.18. The normalized spacial score (nSPS) is 11.8. The number of rotatable bonds is 4. The number of non-ortho nitro benzene ring substituents is 1. The quantitative estimate of drug-likeness (QED) is 0.432. The third kappa shape index (κ3) is 3.48. The van der Waals surface area contributed by atoms with Crippen LogP contribution in [0.15, 0.2) is 41.6 Å².